The molecule has 0 fully saturated rings. The second-order valence-corrected chi connectivity index (χ2v) is 8.67. The molecule has 164 valence electrons. The lowest BCUT2D eigenvalue weighted by Gasteiger charge is -2.08. The summed E-state index contributed by atoms with van der Waals surface area (Å²) in [4.78, 5) is 3.36. The van der Waals surface area contributed by atoms with Gasteiger partial charge >= 0.3 is 0 Å². The molecule has 2 aromatic heterocycles. The summed E-state index contributed by atoms with van der Waals surface area (Å²) in [5.74, 6) is 0. The fourth-order valence-corrected chi connectivity index (χ4v) is 4.68. The van der Waals surface area contributed by atoms with Gasteiger partial charge in [-0.3, -0.25) is 0 Å². The summed E-state index contributed by atoms with van der Waals surface area (Å²) in [5, 5.41) is 7.56. The van der Waals surface area contributed by atoms with E-state index in [2.05, 4.69) is 75.8 Å². The lowest BCUT2D eigenvalue weighted by atomic mass is 10.1. The van der Waals surface area contributed by atoms with E-state index < -0.39 is 0 Å². The van der Waals surface area contributed by atoms with Gasteiger partial charge in [0.2, 0.25) is 0 Å². The summed E-state index contributed by atoms with van der Waals surface area (Å²) >= 11 is 12.5. The first-order valence-electron chi connectivity index (χ1n) is 10.5. The number of aromatic nitrogens is 2. The van der Waals surface area contributed by atoms with E-state index in [-0.39, 0.29) is 12.4 Å². The highest BCUT2D eigenvalue weighted by atomic mass is 35.5. The Labute approximate surface area is 203 Å². The average molecular weight is 485 g/mol. The van der Waals surface area contributed by atoms with Gasteiger partial charge < -0.3 is 14.9 Å². The average Bonchev–Trinajstić information content (AvgIpc) is 3.35. The van der Waals surface area contributed by atoms with Crippen LogP contribution in [0.1, 0.15) is 16.7 Å². The highest BCUT2D eigenvalue weighted by Crippen LogP contribution is 2.26. The lowest BCUT2D eigenvalue weighted by Crippen LogP contribution is -2.16. The first-order chi connectivity index (χ1) is 15.2. The molecule has 0 spiro atoms. The molecular weight excluding hydrogens is 461 g/mol. The van der Waals surface area contributed by atoms with Gasteiger partial charge in [-0.2, -0.15) is 0 Å². The first kappa shape index (κ1) is 22.8. The molecule has 3 aromatic carbocycles. The van der Waals surface area contributed by atoms with Crippen molar-refractivity contribution in [1.29, 1.82) is 0 Å². The van der Waals surface area contributed by atoms with Gasteiger partial charge in [0.25, 0.3) is 0 Å². The van der Waals surface area contributed by atoms with Gasteiger partial charge in [0.05, 0.1) is 0 Å². The van der Waals surface area contributed by atoms with Gasteiger partial charge in [-0.05, 0) is 53.9 Å². The maximum absolute atomic E-state index is 6.42. The Balaban J connectivity index is 0.00000245. The van der Waals surface area contributed by atoms with E-state index in [0.29, 0.717) is 16.6 Å². The standard InChI is InChI=1S/C26H23Cl2N3.ClH/c27-21-10-9-19(24(28)13-21)16-31-17-20(23-6-2-4-8-26(23)31)14-29-12-11-18-15-30-25-7-3-1-5-22(18)25;/h1-10,13,15,17,29-30H,11-12,14,16H2;1H. The molecule has 0 saturated heterocycles. The van der Waals surface area contributed by atoms with Crippen molar-refractivity contribution >= 4 is 57.4 Å². The number of H-pyrrole nitrogens is 1. The van der Waals surface area contributed by atoms with Crippen molar-refractivity contribution in [2.24, 2.45) is 0 Å². The minimum absolute atomic E-state index is 0. The number of aromatic amines is 1. The van der Waals surface area contributed by atoms with Crippen LogP contribution in [0.25, 0.3) is 21.8 Å². The van der Waals surface area contributed by atoms with Crippen molar-refractivity contribution in [2.45, 2.75) is 19.5 Å². The normalized spacial score (nSPS) is 11.2. The van der Waals surface area contributed by atoms with E-state index in [0.717, 1.165) is 25.1 Å². The number of hydrogen-bond donors (Lipinski definition) is 2. The minimum Gasteiger partial charge on any atom is -0.361 e. The van der Waals surface area contributed by atoms with Crippen LogP contribution in [0.4, 0.5) is 0 Å². The van der Waals surface area contributed by atoms with Crippen LogP contribution < -0.4 is 5.32 Å². The Morgan fingerprint density at radius 3 is 2.47 bits per heavy atom. The predicted molar refractivity (Wildman–Crippen MR) is 138 cm³/mol. The fourth-order valence-electron chi connectivity index (χ4n) is 4.21. The summed E-state index contributed by atoms with van der Waals surface area (Å²) in [6.07, 6.45) is 5.34. The molecular formula is C26H24Cl3N3. The molecule has 3 nitrogen and oxygen atoms in total. The largest absolute Gasteiger partial charge is 0.361 e. The lowest BCUT2D eigenvalue weighted by molar-refractivity contribution is 0.688. The second-order valence-electron chi connectivity index (χ2n) is 7.82. The number of nitrogens with one attached hydrogen (secondary N) is 2. The Morgan fingerprint density at radius 1 is 0.844 bits per heavy atom. The molecule has 0 saturated carbocycles. The van der Waals surface area contributed by atoms with Crippen molar-refractivity contribution in [3.63, 3.8) is 0 Å². The molecule has 2 N–H and O–H groups in total. The zero-order valence-corrected chi connectivity index (χ0v) is 19.8. The highest BCUT2D eigenvalue weighted by molar-refractivity contribution is 6.35. The number of nitrogens with zero attached hydrogens (tertiary/aromatic N) is 1. The SMILES string of the molecule is Cl.Clc1ccc(Cn2cc(CNCCc3c[nH]c4ccccc34)c3ccccc32)c(Cl)c1. The smallest absolute Gasteiger partial charge is 0.0491 e. The maximum Gasteiger partial charge on any atom is 0.0491 e. The Kier molecular flexibility index (Phi) is 7.12. The third-order valence-electron chi connectivity index (χ3n) is 5.79. The zero-order valence-electron chi connectivity index (χ0n) is 17.4. The minimum atomic E-state index is 0. The Hall–Kier alpha value is -2.43. The summed E-state index contributed by atoms with van der Waals surface area (Å²) in [6, 6.07) is 22.7. The molecule has 0 aliphatic rings. The zero-order chi connectivity index (χ0) is 21.2. The van der Waals surface area contributed by atoms with Crippen molar-refractivity contribution in [1.82, 2.24) is 14.9 Å². The number of fused-ring (bicyclic) bond motifs is 2. The molecule has 32 heavy (non-hydrogen) atoms. The van der Waals surface area contributed by atoms with E-state index in [1.165, 1.54) is 32.9 Å². The molecule has 2 heterocycles. The molecule has 5 rings (SSSR count). The molecule has 0 unspecified atom stereocenters. The number of benzene rings is 3. The van der Waals surface area contributed by atoms with Crippen LogP contribution in [0, 0.1) is 0 Å². The third-order valence-corrected chi connectivity index (χ3v) is 6.38. The van der Waals surface area contributed by atoms with Crippen LogP contribution in [0.2, 0.25) is 10.0 Å². The van der Waals surface area contributed by atoms with Gasteiger partial charge in [0, 0.05) is 57.3 Å². The fraction of sp³-hybridized carbons (Fsp3) is 0.154. The molecule has 0 bridgehead atoms. The van der Waals surface area contributed by atoms with Crippen LogP contribution in [0.5, 0.6) is 0 Å². The number of rotatable bonds is 7. The molecule has 0 atom stereocenters. The topological polar surface area (TPSA) is 32.8 Å². The number of halogens is 3. The van der Waals surface area contributed by atoms with Crippen LogP contribution in [-0.4, -0.2) is 16.1 Å². The quantitative estimate of drug-likeness (QED) is 0.235. The molecule has 5 aromatic rings. The van der Waals surface area contributed by atoms with Crippen molar-refractivity contribution < 1.29 is 0 Å². The van der Waals surface area contributed by atoms with Gasteiger partial charge in [-0.25, -0.2) is 0 Å². The van der Waals surface area contributed by atoms with Crippen LogP contribution in [0.3, 0.4) is 0 Å². The molecule has 0 radical (unpaired) electrons. The van der Waals surface area contributed by atoms with E-state index in [4.69, 9.17) is 23.2 Å². The molecule has 0 aliphatic heterocycles. The van der Waals surface area contributed by atoms with E-state index in [1.807, 2.05) is 12.1 Å². The van der Waals surface area contributed by atoms with Crippen molar-refractivity contribution in [3.05, 3.63) is 106 Å². The summed E-state index contributed by atoms with van der Waals surface area (Å²) in [7, 11) is 0. The summed E-state index contributed by atoms with van der Waals surface area (Å²) in [6.45, 7) is 2.46. The molecule has 0 amide bonds. The molecule has 0 aliphatic carbocycles. The second kappa shape index (κ2) is 10.0. The van der Waals surface area contributed by atoms with Crippen LogP contribution in [-0.2, 0) is 19.5 Å². The predicted octanol–water partition coefficient (Wildman–Crippen LogP) is 7.23. The van der Waals surface area contributed by atoms with Gasteiger partial charge in [-0.1, -0.05) is 65.7 Å². The summed E-state index contributed by atoms with van der Waals surface area (Å²) in [5.41, 5.74) is 6.11. The number of para-hydroxylation sites is 2. The monoisotopic (exact) mass is 483 g/mol. The Morgan fingerprint density at radius 2 is 1.62 bits per heavy atom. The van der Waals surface area contributed by atoms with Gasteiger partial charge in [0.15, 0.2) is 0 Å². The van der Waals surface area contributed by atoms with Crippen molar-refractivity contribution in [3.8, 4) is 0 Å². The summed E-state index contributed by atoms with van der Waals surface area (Å²) < 4.78 is 2.27. The molecule has 6 heteroatoms. The third kappa shape index (κ3) is 4.67. The van der Waals surface area contributed by atoms with Gasteiger partial charge in [0.1, 0.15) is 0 Å². The first-order valence-corrected chi connectivity index (χ1v) is 11.2. The van der Waals surface area contributed by atoms with Crippen molar-refractivity contribution in [2.75, 3.05) is 6.54 Å². The maximum atomic E-state index is 6.42. The Bertz CT molecular complexity index is 1350. The van der Waals surface area contributed by atoms with Crippen LogP contribution >= 0.6 is 35.6 Å². The van der Waals surface area contributed by atoms with E-state index in [1.54, 1.807) is 6.07 Å². The number of hydrogen-bond acceptors (Lipinski definition) is 1. The van der Waals surface area contributed by atoms with Gasteiger partial charge in [-0.15, -0.1) is 12.4 Å². The van der Waals surface area contributed by atoms with E-state index >= 15 is 0 Å². The highest BCUT2D eigenvalue weighted by Gasteiger charge is 2.10. The van der Waals surface area contributed by atoms with Crippen LogP contribution in [0.15, 0.2) is 79.1 Å². The van der Waals surface area contributed by atoms with E-state index in [9.17, 15) is 0 Å².